The van der Waals surface area contributed by atoms with Crippen LogP contribution in [0.4, 0.5) is 13.2 Å². The summed E-state index contributed by atoms with van der Waals surface area (Å²) >= 11 is 0. The molecule has 1 aliphatic rings. The molecule has 0 spiro atoms. The molecule has 19 heavy (non-hydrogen) atoms. The second-order valence-corrected chi connectivity index (χ2v) is 4.66. The Bertz CT molecular complexity index is 334. The lowest BCUT2D eigenvalue weighted by atomic mass is 9.96. The standard InChI is InChI=1S/C11H17F3N2O3/c12-11(13,14)6-15-5-9(17)16-4-7-2-1-3-8(7)10(18)19/h7-8,15H,1-6H2,(H,16,17)(H,18,19). The molecule has 1 fully saturated rings. The van der Waals surface area contributed by atoms with Crippen molar-refractivity contribution in [2.75, 3.05) is 19.6 Å². The van der Waals surface area contributed by atoms with Crippen LogP contribution in [0.15, 0.2) is 0 Å². The Kier molecular flexibility index (Phi) is 5.59. The third-order valence-corrected chi connectivity index (χ3v) is 3.15. The highest BCUT2D eigenvalue weighted by Gasteiger charge is 2.33. The van der Waals surface area contributed by atoms with Gasteiger partial charge in [-0.25, -0.2) is 0 Å². The van der Waals surface area contributed by atoms with Crippen molar-refractivity contribution in [1.82, 2.24) is 10.6 Å². The summed E-state index contributed by atoms with van der Waals surface area (Å²) in [7, 11) is 0. The van der Waals surface area contributed by atoms with Crippen molar-refractivity contribution in [3.8, 4) is 0 Å². The zero-order chi connectivity index (χ0) is 14.5. The summed E-state index contributed by atoms with van der Waals surface area (Å²) in [5.74, 6) is -2.04. The van der Waals surface area contributed by atoms with Crippen molar-refractivity contribution in [3.63, 3.8) is 0 Å². The average molecular weight is 282 g/mol. The van der Waals surface area contributed by atoms with E-state index in [0.29, 0.717) is 12.8 Å². The maximum Gasteiger partial charge on any atom is 0.401 e. The van der Waals surface area contributed by atoms with Gasteiger partial charge >= 0.3 is 12.1 Å². The highest BCUT2D eigenvalue weighted by atomic mass is 19.4. The Labute approximate surface area is 108 Å². The normalized spacial score (nSPS) is 23.3. The molecule has 0 aromatic heterocycles. The third-order valence-electron chi connectivity index (χ3n) is 3.15. The van der Waals surface area contributed by atoms with E-state index in [1.54, 1.807) is 0 Å². The second kappa shape index (κ2) is 6.74. The zero-order valence-corrected chi connectivity index (χ0v) is 10.3. The number of carboxylic acids is 1. The van der Waals surface area contributed by atoms with Gasteiger partial charge in [-0.15, -0.1) is 0 Å². The molecule has 0 bridgehead atoms. The van der Waals surface area contributed by atoms with Crippen molar-refractivity contribution < 1.29 is 27.9 Å². The van der Waals surface area contributed by atoms with E-state index < -0.39 is 37.1 Å². The first-order valence-electron chi connectivity index (χ1n) is 6.06. The monoisotopic (exact) mass is 282 g/mol. The lowest BCUT2D eigenvalue weighted by Gasteiger charge is -2.16. The number of carboxylic acid groups (broad SMARTS) is 1. The number of hydrogen-bond acceptors (Lipinski definition) is 3. The molecule has 3 N–H and O–H groups in total. The molecule has 0 aromatic carbocycles. The van der Waals surface area contributed by atoms with Gasteiger partial charge in [0.2, 0.25) is 5.91 Å². The van der Waals surface area contributed by atoms with E-state index in [-0.39, 0.29) is 12.5 Å². The first-order chi connectivity index (χ1) is 8.79. The molecular weight excluding hydrogens is 265 g/mol. The lowest BCUT2D eigenvalue weighted by Crippen LogP contribution is -2.40. The molecule has 0 saturated heterocycles. The van der Waals surface area contributed by atoms with E-state index in [1.807, 2.05) is 5.32 Å². The summed E-state index contributed by atoms with van der Waals surface area (Å²) in [6.45, 7) is -1.45. The fraction of sp³-hybridized carbons (Fsp3) is 0.818. The smallest absolute Gasteiger partial charge is 0.401 e. The number of carbonyl (C=O) groups is 2. The van der Waals surface area contributed by atoms with E-state index in [1.165, 1.54) is 0 Å². The summed E-state index contributed by atoms with van der Waals surface area (Å²) in [6, 6.07) is 0. The Morgan fingerprint density at radius 1 is 1.26 bits per heavy atom. The quantitative estimate of drug-likeness (QED) is 0.672. The van der Waals surface area contributed by atoms with Gasteiger partial charge < -0.3 is 15.7 Å². The van der Waals surface area contributed by atoms with Gasteiger partial charge in [-0.05, 0) is 18.8 Å². The molecule has 0 heterocycles. The van der Waals surface area contributed by atoms with Crippen molar-refractivity contribution in [2.24, 2.45) is 11.8 Å². The van der Waals surface area contributed by atoms with Gasteiger partial charge in [0, 0.05) is 6.54 Å². The van der Waals surface area contributed by atoms with Gasteiger partial charge in [0.25, 0.3) is 0 Å². The van der Waals surface area contributed by atoms with E-state index in [4.69, 9.17) is 5.11 Å². The van der Waals surface area contributed by atoms with Crippen molar-refractivity contribution in [2.45, 2.75) is 25.4 Å². The van der Waals surface area contributed by atoms with Gasteiger partial charge in [0.05, 0.1) is 19.0 Å². The lowest BCUT2D eigenvalue weighted by molar-refractivity contribution is -0.143. The SMILES string of the molecule is O=C(CNCC(F)(F)F)NCC1CCCC1C(=O)O. The van der Waals surface area contributed by atoms with E-state index in [2.05, 4.69) is 5.32 Å². The summed E-state index contributed by atoms with van der Waals surface area (Å²) in [6.07, 6.45) is -2.25. The molecular formula is C11H17F3N2O3. The van der Waals surface area contributed by atoms with E-state index in [0.717, 1.165) is 6.42 Å². The molecule has 0 aliphatic heterocycles. The maximum atomic E-state index is 11.8. The Hall–Kier alpha value is -1.31. The second-order valence-electron chi connectivity index (χ2n) is 4.66. The zero-order valence-electron chi connectivity index (χ0n) is 10.3. The highest BCUT2D eigenvalue weighted by Crippen LogP contribution is 2.31. The molecule has 1 aliphatic carbocycles. The summed E-state index contributed by atoms with van der Waals surface area (Å²) in [4.78, 5) is 22.2. The van der Waals surface area contributed by atoms with Crippen LogP contribution in [0, 0.1) is 11.8 Å². The molecule has 1 amide bonds. The number of halogens is 3. The number of alkyl halides is 3. The summed E-state index contributed by atoms with van der Waals surface area (Å²) in [5.41, 5.74) is 0. The molecule has 1 rings (SSSR count). The van der Waals surface area contributed by atoms with Crippen LogP contribution in [0.3, 0.4) is 0 Å². The van der Waals surface area contributed by atoms with Crippen LogP contribution in [0.1, 0.15) is 19.3 Å². The van der Waals surface area contributed by atoms with E-state index >= 15 is 0 Å². The molecule has 110 valence electrons. The largest absolute Gasteiger partial charge is 0.481 e. The van der Waals surface area contributed by atoms with Crippen LogP contribution in [0.25, 0.3) is 0 Å². The summed E-state index contributed by atoms with van der Waals surface area (Å²) in [5, 5.41) is 13.4. The highest BCUT2D eigenvalue weighted by molar-refractivity contribution is 5.78. The summed E-state index contributed by atoms with van der Waals surface area (Å²) < 4.78 is 35.5. The molecule has 2 unspecified atom stereocenters. The number of carbonyl (C=O) groups excluding carboxylic acids is 1. The van der Waals surface area contributed by atoms with Gasteiger partial charge in [0.15, 0.2) is 0 Å². The first-order valence-corrected chi connectivity index (χ1v) is 6.06. The first kappa shape index (κ1) is 15.7. The Balaban J connectivity index is 2.21. The Morgan fingerprint density at radius 2 is 1.95 bits per heavy atom. The van der Waals surface area contributed by atoms with Gasteiger partial charge in [-0.2, -0.15) is 13.2 Å². The van der Waals surface area contributed by atoms with Crippen LogP contribution in [0.5, 0.6) is 0 Å². The number of hydrogen-bond donors (Lipinski definition) is 3. The van der Waals surface area contributed by atoms with E-state index in [9.17, 15) is 22.8 Å². The number of nitrogens with one attached hydrogen (secondary N) is 2. The minimum atomic E-state index is -4.35. The third kappa shape index (κ3) is 5.91. The number of aliphatic carboxylic acids is 1. The van der Waals surface area contributed by atoms with Crippen molar-refractivity contribution in [1.29, 1.82) is 0 Å². The van der Waals surface area contributed by atoms with Crippen molar-refractivity contribution in [3.05, 3.63) is 0 Å². The van der Waals surface area contributed by atoms with Crippen molar-refractivity contribution >= 4 is 11.9 Å². The minimum absolute atomic E-state index is 0.135. The van der Waals surface area contributed by atoms with Crippen LogP contribution in [-0.4, -0.2) is 42.8 Å². The molecule has 8 heteroatoms. The molecule has 0 radical (unpaired) electrons. The number of rotatable bonds is 6. The fourth-order valence-electron chi connectivity index (χ4n) is 2.23. The topological polar surface area (TPSA) is 78.4 Å². The maximum absolute atomic E-state index is 11.8. The Morgan fingerprint density at radius 3 is 2.53 bits per heavy atom. The van der Waals surface area contributed by atoms with Crippen LogP contribution in [-0.2, 0) is 9.59 Å². The minimum Gasteiger partial charge on any atom is -0.481 e. The van der Waals surface area contributed by atoms with Crippen LogP contribution < -0.4 is 10.6 Å². The molecule has 5 nitrogen and oxygen atoms in total. The fourth-order valence-corrected chi connectivity index (χ4v) is 2.23. The molecule has 1 saturated carbocycles. The molecule has 2 atom stereocenters. The molecule has 0 aromatic rings. The average Bonchev–Trinajstić information content (AvgIpc) is 2.72. The predicted molar refractivity (Wildman–Crippen MR) is 60.4 cm³/mol. The van der Waals surface area contributed by atoms with Gasteiger partial charge in [-0.1, -0.05) is 6.42 Å². The predicted octanol–water partition coefficient (Wildman–Crippen LogP) is 0.755. The van der Waals surface area contributed by atoms with Crippen LogP contribution in [0.2, 0.25) is 0 Å². The van der Waals surface area contributed by atoms with Gasteiger partial charge in [-0.3, -0.25) is 9.59 Å². The van der Waals surface area contributed by atoms with Gasteiger partial charge in [0.1, 0.15) is 0 Å². The number of amides is 1. The van der Waals surface area contributed by atoms with Crippen LogP contribution >= 0.6 is 0 Å².